The third-order valence-electron chi connectivity index (χ3n) is 6.10. The summed E-state index contributed by atoms with van der Waals surface area (Å²) < 4.78 is 13.0. The SMILES string of the molecule is CCn1c(-c2nonc2N)nc2c(-c3ccccc3)ncc(OCCCNCC(O)c3ccccc3)c21. The number of nitrogens with one attached hydrogen (secondary N) is 1. The maximum atomic E-state index is 10.3. The normalized spacial score (nSPS) is 12.2. The molecule has 5 rings (SSSR count). The van der Waals surface area contributed by atoms with Crippen molar-refractivity contribution in [1.82, 2.24) is 30.2 Å². The summed E-state index contributed by atoms with van der Waals surface area (Å²) in [4.78, 5) is 9.57. The molecule has 4 N–H and O–H groups in total. The number of nitrogen functional groups attached to an aromatic ring is 1. The highest BCUT2D eigenvalue weighted by atomic mass is 16.6. The molecule has 0 saturated heterocycles. The summed E-state index contributed by atoms with van der Waals surface area (Å²) in [7, 11) is 0. The molecule has 5 aromatic rings. The van der Waals surface area contributed by atoms with Crippen molar-refractivity contribution in [2.24, 2.45) is 0 Å². The molecule has 0 saturated carbocycles. The zero-order valence-corrected chi connectivity index (χ0v) is 20.5. The third kappa shape index (κ3) is 5.16. The number of benzene rings is 2. The van der Waals surface area contributed by atoms with Crippen LogP contribution in [-0.4, -0.2) is 49.7 Å². The fourth-order valence-corrected chi connectivity index (χ4v) is 4.28. The van der Waals surface area contributed by atoms with Crippen molar-refractivity contribution < 1.29 is 14.5 Å². The van der Waals surface area contributed by atoms with E-state index in [1.807, 2.05) is 72.2 Å². The van der Waals surface area contributed by atoms with Gasteiger partial charge >= 0.3 is 0 Å². The number of aliphatic hydroxyl groups is 1. The van der Waals surface area contributed by atoms with Gasteiger partial charge in [-0.2, -0.15) is 0 Å². The summed E-state index contributed by atoms with van der Waals surface area (Å²) in [6.07, 6.45) is 1.93. The highest BCUT2D eigenvalue weighted by Crippen LogP contribution is 2.36. The van der Waals surface area contributed by atoms with E-state index in [1.165, 1.54) is 0 Å². The summed E-state index contributed by atoms with van der Waals surface area (Å²) in [5.41, 5.74) is 10.4. The van der Waals surface area contributed by atoms with Crippen LogP contribution in [0.4, 0.5) is 5.82 Å². The number of hydrogen-bond acceptors (Lipinski definition) is 9. The fraction of sp³-hybridized carbons (Fsp3) is 0.259. The lowest BCUT2D eigenvalue weighted by atomic mass is 10.1. The maximum Gasteiger partial charge on any atom is 0.199 e. The first-order chi connectivity index (χ1) is 18.2. The smallest absolute Gasteiger partial charge is 0.199 e. The molecule has 10 heteroatoms. The number of pyridine rings is 1. The lowest BCUT2D eigenvalue weighted by molar-refractivity contribution is 0.173. The van der Waals surface area contributed by atoms with Crippen LogP contribution in [0.25, 0.3) is 33.8 Å². The first kappa shape index (κ1) is 24.4. The van der Waals surface area contributed by atoms with E-state index in [9.17, 15) is 5.11 Å². The number of ether oxygens (including phenoxy) is 1. The van der Waals surface area contributed by atoms with E-state index in [4.69, 9.17) is 25.1 Å². The van der Waals surface area contributed by atoms with E-state index in [-0.39, 0.29) is 5.82 Å². The van der Waals surface area contributed by atoms with Crippen LogP contribution >= 0.6 is 0 Å². The molecule has 3 heterocycles. The van der Waals surface area contributed by atoms with Crippen molar-refractivity contribution in [3.05, 3.63) is 72.4 Å². The zero-order chi connectivity index (χ0) is 25.6. The predicted molar refractivity (Wildman–Crippen MR) is 141 cm³/mol. The van der Waals surface area contributed by atoms with Crippen LogP contribution in [0.15, 0.2) is 71.5 Å². The van der Waals surface area contributed by atoms with E-state index in [1.54, 1.807) is 6.20 Å². The minimum absolute atomic E-state index is 0.172. The van der Waals surface area contributed by atoms with Gasteiger partial charge in [0, 0.05) is 18.7 Å². The number of aryl methyl sites for hydroxylation is 1. The number of aliphatic hydroxyl groups excluding tert-OH is 1. The van der Waals surface area contributed by atoms with Crippen molar-refractivity contribution in [2.75, 3.05) is 25.4 Å². The largest absolute Gasteiger partial charge is 0.490 e. The quantitative estimate of drug-likeness (QED) is 0.231. The Hall–Kier alpha value is -4.28. The Bertz CT molecular complexity index is 1450. The maximum absolute atomic E-state index is 10.3. The van der Waals surface area contributed by atoms with Gasteiger partial charge in [0.15, 0.2) is 23.1 Å². The number of anilines is 1. The second-order valence-corrected chi connectivity index (χ2v) is 8.54. The summed E-state index contributed by atoms with van der Waals surface area (Å²) in [5.74, 6) is 1.34. The van der Waals surface area contributed by atoms with Crippen LogP contribution in [0.2, 0.25) is 0 Å². The van der Waals surface area contributed by atoms with Crippen molar-refractivity contribution in [3.8, 4) is 28.5 Å². The Morgan fingerprint density at radius 2 is 1.81 bits per heavy atom. The molecule has 0 fully saturated rings. The fourth-order valence-electron chi connectivity index (χ4n) is 4.28. The van der Waals surface area contributed by atoms with Crippen LogP contribution in [-0.2, 0) is 6.54 Å². The lowest BCUT2D eigenvalue weighted by Crippen LogP contribution is -2.23. The van der Waals surface area contributed by atoms with Crippen molar-refractivity contribution in [3.63, 3.8) is 0 Å². The Balaban J connectivity index is 1.35. The number of rotatable bonds is 11. The third-order valence-corrected chi connectivity index (χ3v) is 6.10. The van der Waals surface area contributed by atoms with Gasteiger partial charge in [-0.1, -0.05) is 60.7 Å². The van der Waals surface area contributed by atoms with E-state index in [2.05, 4.69) is 15.6 Å². The van der Waals surface area contributed by atoms with E-state index in [0.717, 1.165) is 28.8 Å². The van der Waals surface area contributed by atoms with Gasteiger partial charge < -0.3 is 25.5 Å². The summed E-state index contributed by atoms with van der Waals surface area (Å²) in [6, 6.07) is 19.5. The molecule has 37 heavy (non-hydrogen) atoms. The molecule has 0 spiro atoms. The van der Waals surface area contributed by atoms with Gasteiger partial charge in [-0.3, -0.25) is 0 Å². The van der Waals surface area contributed by atoms with Crippen molar-refractivity contribution >= 4 is 16.9 Å². The highest BCUT2D eigenvalue weighted by molar-refractivity contribution is 5.95. The molecule has 0 aliphatic heterocycles. The summed E-state index contributed by atoms with van der Waals surface area (Å²) >= 11 is 0. The number of nitrogens with zero attached hydrogens (tertiary/aromatic N) is 5. The second kappa shape index (κ2) is 11.2. The molecule has 3 aromatic heterocycles. The molecule has 0 bridgehead atoms. The standard InChI is InChI=1S/C27H29N7O3/c1-2-34-25-21(36-15-9-14-29-16-20(35)18-10-5-3-6-11-18)17-30-22(19-12-7-4-8-13-19)23(25)31-27(34)24-26(28)33-37-32-24/h3-8,10-13,17,20,29,35H,2,9,14-16H2,1H3,(H2,28,33). The molecule has 2 aromatic carbocycles. The molecule has 1 atom stereocenters. The molecular weight excluding hydrogens is 470 g/mol. The van der Waals surface area contributed by atoms with Crippen molar-refractivity contribution in [2.45, 2.75) is 26.0 Å². The molecule has 0 aliphatic rings. The molecule has 0 radical (unpaired) electrons. The average molecular weight is 500 g/mol. The van der Waals surface area contributed by atoms with Crippen LogP contribution in [0.3, 0.4) is 0 Å². The Kier molecular flexibility index (Phi) is 7.38. The van der Waals surface area contributed by atoms with Gasteiger partial charge in [-0.25, -0.2) is 14.6 Å². The number of hydrogen-bond donors (Lipinski definition) is 3. The topological polar surface area (TPSA) is 137 Å². The minimum atomic E-state index is -0.549. The van der Waals surface area contributed by atoms with Gasteiger partial charge in [0.2, 0.25) is 0 Å². The van der Waals surface area contributed by atoms with Crippen LogP contribution in [0.5, 0.6) is 5.75 Å². The molecule has 1 unspecified atom stereocenters. The number of nitrogens with two attached hydrogens (primary N) is 1. The predicted octanol–water partition coefficient (Wildman–Crippen LogP) is 3.84. The van der Waals surface area contributed by atoms with Gasteiger partial charge in [0.1, 0.15) is 11.0 Å². The molecule has 190 valence electrons. The number of imidazole rings is 1. The first-order valence-corrected chi connectivity index (χ1v) is 12.3. The van der Waals surface area contributed by atoms with Crippen molar-refractivity contribution in [1.29, 1.82) is 0 Å². The molecular formula is C27H29N7O3. The monoisotopic (exact) mass is 499 g/mol. The Labute approximate surface area is 214 Å². The Morgan fingerprint density at radius 3 is 2.51 bits per heavy atom. The molecule has 0 aliphatic carbocycles. The van der Waals surface area contributed by atoms with Gasteiger partial charge in [0.25, 0.3) is 0 Å². The van der Waals surface area contributed by atoms with Gasteiger partial charge in [-0.15, -0.1) is 0 Å². The van der Waals surface area contributed by atoms with Gasteiger partial charge in [-0.05, 0) is 35.8 Å². The zero-order valence-electron chi connectivity index (χ0n) is 20.5. The number of fused-ring (bicyclic) bond motifs is 1. The molecule has 0 amide bonds. The average Bonchev–Trinajstić information content (AvgIpc) is 3.54. The van der Waals surface area contributed by atoms with E-state index >= 15 is 0 Å². The first-order valence-electron chi connectivity index (χ1n) is 12.3. The van der Waals surface area contributed by atoms with Crippen LogP contribution < -0.4 is 15.8 Å². The minimum Gasteiger partial charge on any atom is -0.490 e. The van der Waals surface area contributed by atoms with E-state index in [0.29, 0.717) is 49.0 Å². The summed E-state index contributed by atoms with van der Waals surface area (Å²) in [6.45, 7) is 4.25. The second-order valence-electron chi connectivity index (χ2n) is 8.54. The molecule has 10 nitrogen and oxygen atoms in total. The number of aromatic nitrogens is 5. The van der Waals surface area contributed by atoms with E-state index < -0.39 is 6.10 Å². The summed E-state index contributed by atoms with van der Waals surface area (Å²) in [5, 5.41) is 21.3. The van der Waals surface area contributed by atoms with Gasteiger partial charge in [0.05, 0.1) is 24.6 Å². The van der Waals surface area contributed by atoms with Crippen LogP contribution in [0.1, 0.15) is 25.0 Å². The van der Waals surface area contributed by atoms with Crippen LogP contribution in [0, 0.1) is 0 Å². The highest BCUT2D eigenvalue weighted by Gasteiger charge is 2.24. The Morgan fingerprint density at radius 1 is 1.05 bits per heavy atom. The lowest BCUT2D eigenvalue weighted by Gasteiger charge is -2.13.